The highest BCUT2D eigenvalue weighted by molar-refractivity contribution is 8.01. The van der Waals surface area contributed by atoms with E-state index in [1.54, 1.807) is 23.6 Å². The van der Waals surface area contributed by atoms with Crippen LogP contribution in [0.1, 0.15) is 1.37 Å². The molecule has 2 heteroatoms. The van der Waals surface area contributed by atoms with Gasteiger partial charge in [0, 0.05) is 6.19 Å². The summed E-state index contributed by atoms with van der Waals surface area (Å²) in [4.78, 5) is 0. The van der Waals surface area contributed by atoms with Gasteiger partial charge >= 0.3 is 0 Å². The maximum absolute atomic E-state index is 7.17. The zero-order chi connectivity index (χ0) is 6.69. The second kappa shape index (κ2) is 2.64. The fourth-order valence-electron chi connectivity index (χ4n) is 0.287. The quantitative estimate of drug-likeness (QED) is 0.450. The van der Waals surface area contributed by atoms with Crippen molar-refractivity contribution in [3.05, 3.63) is 23.6 Å². The topological polar surface area (TPSA) is 12.4 Å². The van der Waals surface area contributed by atoms with Crippen LogP contribution in [0.25, 0.3) is 0 Å². The molecule has 0 radical (unpaired) electrons. The van der Waals surface area contributed by atoms with E-state index in [0.29, 0.717) is 0 Å². The number of nitrogens with zero attached hydrogens (tertiary/aromatic N) is 1. The maximum atomic E-state index is 7.17. The molecule has 0 aromatic heterocycles. The minimum absolute atomic E-state index is 0.195. The Morgan fingerprint density at radius 3 is 3.57 bits per heavy atom. The van der Waals surface area contributed by atoms with E-state index < -0.39 is 11.9 Å². The monoisotopic (exact) mass is 115 g/mol. The van der Waals surface area contributed by atoms with Gasteiger partial charge in [0.1, 0.15) is 1.12 Å². The minimum Gasteiger partial charge on any atom is -0.247 e. The average Bonchev–Trinajstić information content (AvgIpc) is 1.93. The van der Waals surface area contributed by atoms with Gasteiger partial charge in [0.2, 0.25) is 0 Å². The molecule has 1 aliphatic heterocycles. The molecule has 0 saturated heterocycles. The summed E-state index contributed by atoms with van der Waals surface area (Å²) >= 11 is -1.15. The molecule has 0 fully saturated rings. The van der Waals surface area contributed by atoms with Crippen LogP contribution < -0.4 is 0 Å². The first-order chi connectivity index (χ1) is 4.29. The predicted octanol–water partition coefficient (Wildman–Crippen LogP) is 1.25. The maximum Gasteiger partial charge on any atom is 0.106 e. The van der Waals surface area contributed by atoms with Crippen LogP contribution in [0.4, 0.5) is 0 Å². The summed E-state index contributed by atoms with van der Waals surface area (Å²) < 4.78 is 18.0. The van der Waals surface area contributed by atoms with Crippen LogP contribution in [0.15, 0.2) is 28.0 Å². The third-order valence-corrected chi connectivity index (χ3v) is 1.09. The summed E-state index contributed by atoms with van der Waals surface area (Å²) in [5.74, 6) is 0. The molecule has 38 valence electrons. The van der Waals surface area contributed by atoms with Crippen LogP contribution in [-0.2, 0) is 0 Å². The van der Waals surface area contributed by atoms with Crippen LogP contribution in [0, 0.1) is 0 Å². The number of hydrogen-bond acceptors (Lipinski definition) is 1. The zero-order valence-corrected chi connectivity index (χ0v) is 4.60. The SMILES string of the molecule is [2H]C1=N[SH]([2H])C=CC=C1. The first-order valence-corrected chi connectivity index (χ1v) is 2.89. The minimum atomic E-state index is -1.15. The van der Waals surface area contributed by atoms with Gasteiger partial charge in [-0.05, 0) is 11.5 Å². The van der Waals surface area contributed by atoms with Crippen LogP contribution in [-0.4, -0.2) is 7.31 Å². The van der Waals surface area contributed by atoms with Crippen LogP contribution >= 0.6 is 11.9 Å². The third-order valence-electron chi connectivity index (χ3n) is 0.550. The van der Waals surface area contributed by atoms with Crippen molar-refractivity contribution in [3.8, 4) is 0 Å². The molecule has 1 rings (SSSR count). The van der Waals surface area contributed by atoms with Crippen molar-refractivity contribution in [2.24, 2.45) is 4.40 Å². The van der Waals surface area contributed by atoms with E-state index in [4.69, 9.17) is 2.49 Å². The van der Waals surface area contributed by atoms with E-state index >= 15 is 0 Å². The van der Waals surface area contributed by atoms with Gasteiger partial charge in [-0.2, -0.15) is 0 Å². The lowest BCUT2D eigenvalue weighted by Gasteiger charge is -1.76. The highest BCUT2D eigenvalue weighted by Gasteiger charge is 1.68. The Labute approximate surface area is 49.5 Å². The smallest absolute Gasteiger partial charge is 0.106 e. The summed E-state index contributed by atoms with van der Waals surface area (Å²) in [6.07, 6.45) is 5.25. The summed E-state index contributed by atoms with van der Waals surface area (Å²) in [6.45, 7) is 0. The predicted molar refractivity (Wildman–Crippen MR) is 37.2 cm³/mol. The molecule has 0 aliphatic carbocycles. The van der Waals surface area contributed by atoms with E-state index in [9.17, 15) is 0 Å². The number of hydrogen-bond donors (Lipinski definition) is 0. The Morgan fingerprint density at radius 1 is 1.57 bits per heavy atom. The molecule has 0 amide bonds. The van der Waals surface area contributed by atoms with E-state index in [1.165, 1.54) is 0 Å². The van der Waals surface area contributed by atoms with E-state index in [2.05, 4.69) is 4.40 Å². The molecule has 1 aliphatic rings. The Morgan fingerprint density at radius 2 is 2.57 bits per heavy atom. The molecule has 0 bridgehead atoms. The first-order valence-electron chi connectivity index (χ1n) is 2.92. The number of allylic oxidation sites excluding steroid dienone is 3. The molecule has 0 N–H and O–H groups in total. The molecule has 7 heavy (non-hydrogen) atoms. The summed E-state index contributed by atoms with van der Waals surface area (Å²) in [6, 6.07) is 0. The Balaban J connectivity index is 2.77. The fourth-order valence-corrected chi connectivity index (χ4v) is 0.663. The van der Waals surface area contributed by atoms with Crippen LogP contribution in [0.2, 0.25) is 0 Å². The lowest BCUT2D eigenvalue weighted by atomic mass is 10.5. The van der Waals surface area contributed by atoms with Crippen molar-refractivity contribution < 1.29 is 1.37 Å². The van der Waals surface area contributed by atoms with E-state index in [0.717, 1.165) is 0 Å². The van der Waals surface area contributed by atoms with Crippen molar-refractivity contribution in [2.75, 3.05) is 0 Å². The Bertz CT molecular complexity index is 185. The molecule has 0 spiro atoms. The van der Waals surface area contributed by atoms with Gasteiger partial charge in [-0.3, -0.25) is 0 Å². The lowest BCUT2D eigenvalue weighted by molar-refractivity contribution is 1.99. The molecule has 1 atom stereocenters. The summed E-state index contributed by atoms with van der Waals surface area (Å²) in [5, 5.41) is 1.69. The zero-order valence-electron chi connectivity index (χ0n) is 5.70. The van der Waals surface area contributed by atoms with Crippen molar-refractivity contribution in [1.29, 1.82) is 1.12 Å². The van der Waals surface area contributed by atoms with Crippen LogP contribution in [0.3, 0.4) is 0 Å². The van der Waals surface area contributed by atoms with Gasteiger partial charge in [-0.1, -0.05) is 12.2 Å². The Hall–Kier alpha value is -0.500. The van der Waals surface area contributed by atoms with Crippen molar-refractivity contribution in [3.63, 3.8) is 0 Å². The molecular formula is C5H7NS. The number of rotatable bonds is 0. The highest BCUT2D eigenvalue weighted by Crippen LogP contribution is 2.03. The average molecular weight is 115 g/mol. The molecular weight excluding hydrogens is 106 g/mol. The normalized spacial score (nSPS) is 38.3. The highest BCUT2D eigenvalue weighted by atomic mass is 32.2. The van der Waals surface area contributed by atoms with E-state index in [1.807, 2.05) is 0 Å². The second-order valence-electron chi connectivity index (χ2n) is 1.05. The molecule has 0 aromatic carbocycles. The van der Waals surface area contributed by atoms with Gasteiger partial charge in [0.25, 0.3) is 0 Å². The van der Waals surface area contributed by atoms with Crippen molar-refractivity contribution in [1.82, 2.24) is 0 Å². The third kappa shape index (κ3) is 1.59. The Kier molecular flexibility index (Phi) is 1.02. The second-order valence-corrected chi connectivity index (χ2v) is 1.77. The van der Waals surface area contributed by atoms with Gasteiger partial charge < -0.3 is 0 Å². The first kappa shape index (κ1) is 2.72. The summed E-state index contributed by atoms with van der Waals surface area (Å²) in [5.41, 5.74) is 0. The van der Waals surface area contributed by atoms with Gasteiger partial charge in [-0.15, -0.1) is 11.9 Å². The lowest BCUT2D eigenvalue weighted by Crippen LogP contribution is -1.51. The van der Waals surface area contributed by atoms with Crippen molar-refractivity contribution >= 4 is 18.0 Å². The molecule has 1 unspecified atom stereocenters. The standard InChI is InChI=1S/C5H7NS/c1-2-4-6-7-5-3-1/h1-5H,7H2/i4D,7D. The molecule has 0 saturated carbocycles. The fraction of sp³-hybridized carbons (Fsp3) is 0. The molecule has 1 nitrogen and oxygen atoms in total. The van der Waals surface area contributed by atoms with Crippen molar-refractivity contribution in [2.45, 2.75) is 0 Å². The molecule has 0 aromatic rings. The molecule has 1 heterocycles. The van der Waals surface area contributed by atoms with Gasteiger partial charge in [-0.25, -0.2) is 4.40 Å². The van der Waals surface area contributed by atoms with E-state index in [-0.39, 0.29) is 6.19 Å². The van der Waals surface area contributed by atoms with Crippen LogP contribution in [0.5, 0.6) is 0 Å². The largest absolute Gasteiger partial charge is 0.247 e. The van der Waals surface area contributed by atoms with Gasteiger partial charge in [0.15, 0.2) is 0 Å². The summed E-state index contributed by atoms with van der Waals surface area (Å²) in [7, 11) is 0. The van der Waals surface area contributed by atoms with Gasteiger partial charge in [0.05, 0.1) is 1.37 Å².